The van der Waals surface area contributed by atoms with Crippen LogP contribution in [0.5, 0.6) is 5.75 Å². The summed E-state index contributed by atoms with van der Waals surface area (Å²) < 4.78 is 7.00. The van der Waals surface area contributed by atoms with Crippen molar-refractivity contribution in [3.05, 3.63) is 40.8 Å². The van der Waals surface area contributed by atoms with Gasteiger partial charge in [-0.1, -0.05) is 0 Å². The highest BCUT2D eigenvalue weighted by Crippen LogP contribution is 2.17. The average Bonchev–Trinajstić information content (AvgIpc) is 2.99. The maximum absolute atomic E-state index is 12.4. The molecular formula is C16H20N2O2. The quantitative estimate of drug-likeness (QED) is 0.855. The van der Waals surface area contributed by atoms with E-state index in [1.807, 2.05) is 35.0 Å². The lowest BCUT2D eigenvalue weighted by Crippen LogP contribution is -2.28. The summed E-state index contributed by atoms with van der Waals surface area (Å²) in [7, 11) is 1.64. The van der Waals surface area contributed by atoms with Gasteiger partial charge in [-0.2, -0.15) is 0 Å². The number of likely N-dealkylation sites (tertiary alicyclic amines) is 1. The summed E-state index contributed by atoms with van der Waals surface area (Å²) in [6.07, 6.45) is 4.46. The van der Waals surface area contributed by atoms with Gasteiger partial charge in [0.05, 0.1) is 7.11 Å². The average molecular weight is 272 g/mol. The minimum absolute atomic E-state index is 0.0874. The van der Waals surface area contributed by atoms with Gasteiger partial charge in [0.15, 0.2) is 0 Å². The fourth-order valence-corrected chi connectivity index (χ4v) is 2.82. The number of methoxy groups -OCH3 is 1. The number of fused-ring (bicyclic) bond motifs is 1. The van der Waals surface area contributed by atoms with Crippen molar-refractivity contribution in [1.29, 1.82) is 0 Å². The second-order valence-corrected chi connectivity index (χ2v) is 5.32. The highest BCUT2D eigenvalue weighted by Gasteiger charge is 2.11. The summed E-state index contributed by atoms with van der Waals surface area (Å²) in [6, 6.07) is 7.59. The molecule has 1 aliphatic heterocycles. The third-order valence-corrected chi connectivity index (χ3v) is 4.04. The van der Waals surface area contributed by atoms with Gasteiger partial charge in [-0.05, 0) is 55.6 Å². The number of hydrogen-bond acceptors (Lipinski definition) is 3. The third-order valence-electron chi connectivity index (χ3n) is 4.04. The van der Waals surface area contributed by atoms with Gasteiger partial charge in [0, 0.05) is 24.7 Å². The predicted octanol–water partition coefficient (Wildman–Crippen LogP) is 2.11. The Morgan fingerprint density at radius 3 is 2.70 bits per heavy atom. The van der Waals surface area contributed by atoms with Crippen LogP contribution in [0.1, 0.15) is 12.8 Å². The summed E-state index contributed by atoms with van der Waals surface area (Å²) >= 11 is 0. The second-order valence-electron chi connectivity index (χ2n) is 5.32. The molecule has 0 saturated carbocycles. The Labute approximate surface area is 118 Å². The molecule has 4 nitrogen and oxygen atoms in total. The third kappa shape index (κ3) is 2.56. The van der Waals surface area contributed by atoms with E-state index in [0.29, 0.717) is 0 Å². The molecule has 1 aromatic carbocycles. The van der Waals surface area contributed by atoms with Crippen LogP contribution in [0.2, 0.25) is 0 Å². The molecule has 106 valence electrons. The monoisotopic (exact) mass is 272 g/mol. The van der Waals surface area contributed by atoms with Crippen LogP contribution >= 0.6 is 0 Å². The van der Waals surface area contributed by atoms with Crippen LogP contribution in [0.3, 0.4) is 0 Å². The lowest BCUT2D eigenvalue weighted by molar-refractivity contribution is 0.321. The highest BCUT2D eigenvalue weighted by molar-refractivity contribution is 5.82. The van der Waals surface area contributed by atoms with Crippen LogP contribution in [0, 0.1) is 0 Å². The van der Waals surface area contributed by atoms with Crippen LogP contribution in [-0.4, -0.2) is 36.2 Å². The predicted molar refractivity (Wildman–Crippen MR) is 80.4 cm³/mol. The van der Waals surface area contributed by atoms with E-state index in [1.165, 1.54) is 25.9 Å². The lowest BCUT2D eigenvalue weighted by Gasteiger charge is -2.15. The van der Waals surface area contributed by atoms with E-state index >= 15 is 0 Å². The molecule has 1 saturated heterocycles. The molecule has 1 aliphatic rings. The standard InChI is InChI=1S/C16H20N2O2/c1-20-14-4-5-15-13(12-14)6-9-18(16(15)19)11-10-17-7-2-3-8-17/h4-6,9,12H,2-3,7-8,10-11H2,1H3. The van der Waals surface area contributed by atoms with Gasteiger partial charge in [-0.3, -0.25) is 4.79 Å². The molecule has 0 unspecified atom stereocenters. The van der Waals surface area contributed by atoms with Gasteiger partial charge in [-0.25, -0.2) is 0 Å². The van der Waals surface area contributed by atoms with E-state index in [-0.39, 0.29) is 5.56 Å². The first kappa shape index (κ1) is 13.2. The second kappa shape index (κ2) is 5.67. The van der Waals surface area contributed by atoms with Crippen molar-refractivity contribution >= 4 is 10.8 Å². The first-order valence-corrected chi connectivity index (χ1v) is 7.17. The zero-order valence-corrected chi connectivity index (χ0v) is 11.8. The van der Waals surface area contributed by atoms with Gasteiger partial charge >= 0.3 is 0 Å². The summed E-state index contributed by atoms with van der Waals surface area (Å²) in [5, 5.41) is 1.70. The number of hydrogen-bond donors (Lipinski definition) is 0. The smallest absolute Gasteiger partial charge is 0.258 e. The number of pyridine rings is 1. The number of rotatable bonds is 4. The molecule has 1 fully saturated rings. The van der Waals surface area contributed by atoms with Crippen LogP contribution in [0.4, 0.5) is 0 Å². The maximum atomic E-state index is 12.4. The zero-order chi connectivity index (χ0) is 13.9. The zero-order valence-electron chi connectivity index (χ0n) is 11.8. The molecule has 0 amide bonds. The topological polar surface area (TPSA) is 34.5 Å². The molecule has 0 bridgehead atoms. The Kier molecular flexibility index (Phi) is 3.74. The van der Waals surface area contributed by atoms with Gasteiger partial charge in [0.1, 0.15) is 5.75 Å². The van der Waals surface area contributed by atoms with Crippen molar-refractivity contribution in [2.45, 2.75) is 19.4 Å². The van der Waals surface area contributed by atoms with Crippen molar-refractivity contribution in [3.63, 3.8) is 0 Å². The molecule has 4 heteroatoms. The van der Waals surface area contributed by atoms with Crippen LogP contribution < -0.4 is 10.3 Å². The minimum Gasteiger partial charge on any atom is -0.497 e. The van der Waals surface area contributed by atoms with E-state index in [2.05, 4.69) is 4.90 Å². The van der Waals surface area contributed by atoms with Crippen LogP contribution in [-0.2, 0) is 6.54 Å². The fraction of sp³-hybridized carbons (Fsp3) is 0.438. The molecule has 0 aliphatic carbocycles. The van der Waals surface area contributed by atoms with Crippen molar-refractivity contribution in [2.75, 3.05) is 26.7 Å². The molecule has 1 aromatic heterocycles. The normalized spacial score (nSPS) is 15.8. The first-order chi connectivity index (χ1) is 9.78. The van der Waals surface area contributed by atoms with Gasteiger partial charge < -0.3 is 14.2 Å². The largest absolute Gasteiger partial charge is 0.497 e. The molecular weight excluding hydrogens is 252 g/mol. The van der Waals surface area contributed by atoms with Crippen molar-refractivity contribution in [2.24, 2.45) is 0 Å². The van der Waals surface area contributed by atoms with Crippen molar-refractivity contribution in [3.8, 4) is 5.75 Å². The molecule has 0 spiro atoms. The van der Waals surface area contributed by atoms with Crippen LogP contribution in [0.25, 0.3) is 10.8 Å². The van der Waals surface area contributed by atoms with E-state index < -0.39 is 0 Å². The van der Waals surface area contributed by atoms with Crippen LogP contribution in [0.15, 0.2) is 35.3 Å². The first-order valence-electron chi connectivity index (χ1n) is 7.17. The molecule has 3 rings (SSSR count). The molecule has 2 heterocycles. The summed E-state index contributed by atoms with van der Waals surface area (Å²) in [6.45, 7) is 4.06. The SMILES string of the molecule is COc1ccc2c(=O)n(CCN3CCCC3)ccc2c1. The number of nitrogens with zero attached hydrogens (tertiary/aromatic N) is 2. The Balaban J connectivity index is 1.84. The molecule has 0 radical (unpaired) electrons. The summed E-state index contributed by atoms with van der Waals surface area (Å²) in [5.74, 6) is 0.784. The minimum atomic E-state index is 0.0874. The number of ether oxygens (including phenoxy) is 1. The van der Waals surface area contributed by atoms with Crippen molar-refractivity contribution < 1.29 is 4.74 Å². The van der Waals surface area contributed by atoms with E-state index in [4.69, 9.17) is 4.74 Å². The highest BCUT2D eigenvalue weighted by atomic mass is 16.5. The van der Waals surface area contributed by atoms with E-state index in [9.17, 15) is 4.79 Å². The molecule has 0 N–H and O–H groups in total. The van der Waals surface area contributed by atoms with Gasteiger partial charge in [0.2, 0.25) is 0 Å². The van der Waals surface area contributed by atoms with Gasteiger partial charge in [-0.15, -0.1) is 0 Å². The Morgan fingerprint density at radius 2 is 1.95 bits per heavy atom. The van der Waals surface area contributed by atoms with Gasteiger partial charge in [0.25, 0.3) is 5.56 Å². The summed E-state index contributed by atoms with van der Waals surface area (Å²) in [4.78, 5) is 14.9. The Morgan fingerprint density at radius 1 is 1.15 bits per heavy atom. The fourth-order valence-electron chi connectivity index (χ4n) is 2.82. The summed E-state index contributed by atoms with van der Waals surface area (Å²) in [5.41, 5.74) is 0.0874. The number of benzene rings is 1. The molecule has 20 heavy (non-hydrogen) atoms. The molecule has 2 aromatic rings. The molecule has 0 atom stereocenters. The Hall–Kier alpha value is -1.81. The maximum Gasteiger partial charge on any atom is 0.258 e. The van der Waals surface area contributed by atoms with E-state index in [0.717, 1.165) is 29.6 Å². The lowest BCUT2D eigenvalue weighted by atomic mass is 10.1. The number of aromatic nitrogens is 1. The Bertz CT molecular complexity index is 657. The van der Waals surface area contributed by atoms with E-state index in [1.54, 1.807) is 7.11 Å². The van der Waals surface area contributed by atoms with Crippen molar-refractivity contribution in [1.82, 2.24) is 9.47 Å².